The molecule has 2 aromatic carbocycles. The molecule has 1 fully saturated rings. The first kappa shape index (κ1) is 20.1. The largest absolute Gasteiger partial charge is 0.507 e. The molecule has 2 heterocycles. The number of benzene rings is 2. The van der Waals surface area contributed by atoms with Crippen molar-refractivity contribution in [2.45, 2.75) is 6.54 Å². The summed E-state index contributed by atoms with van der Waals surface area (Å²) in [6.07, 6.45) is 1.72. The standard InChI is InChI=1S/C21H22ClN5O3/c22-16-9-15(18(28)10-19(16)29)20-17(11-24-25-20)27-6-4-26(5-7-27)12-13-2-1-3-14(8-13)21(23)30/h1-3,8-11,28-29H,4-7,12H2,(H2,23,30)(H,24,25). The molecule has 5 N–H and O–H groups in total. The van der Waals surface area contributed by atoms with Crippen molar-refractivity contribution in [1.82, 2.24) is 15.1 Å². The minimum atomic E-state index is -0.424. The van der Waals surface area contributed by atoms with Crippen molar-refractivity contribution in [3.05, 3.63) is 58.7 Å². The number of nitrogens with one attached hydrogen (secondary N) is 1. The summed E-state index contributed by atoms with van der Waals surface area (Å²) >= 11 is 6.02. The van der Waals surface area contributed by atoms with Gasteiger partial charge in [-0.25, -0.2) is 0 Å². The molecule has 4 rings (SSSR count). The highest BCUT2D eigenvalue weighted by Gasteiger charge is 2.23. The topological polar surface area (TPSA) is 119 Å². The van der Waals surface area contributed by atoms with E-state index in [0.717, 1.165) is 44.0 Å². The maximum atomic E-state index is 11.4. The van der Waals surface area contributed by atoms with E-state index in [9.17, 15) is 15.0 Å². The monoisotopic (exact) mass is 427 g/mol. The molecule has 1 amide bonds. The molecule has 0 bridgehead atoms. The molecule has 1 aromatic heterocycles. The Morgan fingerprint density at radius 3 is 2.63 bits per heavy atom. The molecular weight excluding hydrogens is 406 g/mol. The van der Waals surface area contributed by atoms with Gasteiger partial charge in [-0.2, -0.15) is 5.10 Å². The van der Waals surface area contributed by atoms with Crippen LogP contribution >= 0.6 is 11.6 Å². The van der Waals surface area contributed by atoms with Gasteiger partial charge in [-0.05, 0) is 23.8 Å². The van der Waals surface area contributed by atoms with Crippen molar-refractivity contribution in [1.29, 1.82) is 0 Å². The number of aromatic nitrogens is 2. The summed E-state index contributed by atoms with van der Waals surface area (Å²) in [5.41, 5.74) is 8.93. The van der Waals surface area contributed by atoms with Gasteiger partial charge in [-0.3, -0.25) is 14.8 Å². The number of hydrogen-bond donors (Lipinski definition) is 4. The fourth-order valence-corrected chi connectivity index (χ4v) is 3.86. The molecule has 9 heteroatoms. The zero-order valence-corrected chi connectivity index (χ0v) is 16.9. The predicted molar refractivity (Wildman–Crippen MR) is 115 cm³/mol. The SMILES string of the molecule is NC(=O)c1cccc(CN2CCN(c3cn[nH]c3-c3cc(Cl)c(O)cc3O)CC2)c1. The quantitative estimate of drug-likeness (QED) is 0.497. The number of aromatic amines is 1. The van der Waals surface area contributed by atoms with Crippen molar-refractivity contribution >= 4 is 23.2 Å². The minimum absolute atomic E-state index is 0.0737. The number of anilines is 1. The van der Waals surface area contributed by atoms with Crippen LogP contribution in [0, 0.1) is 0 Å². The van der Waals surface area contributed by atoms with Crippen LogP contribution in [0.4, 0.5) is 5.69 Å². The number of phenolic OH excluding ortho intramolecular Hbond substituents is 2. The van der Waals surface area contributed by atoms with Crippen LogP contribution in [0.3, 0.4) is 0 Å². The lowest BCUT2D eigenvalue weighted by Crippen LogP contribution is -2.46. The van der Waals surface area contributed by atoms with Gasteiger partial charge < -0.3 is 20.8 Å². The Bertz CT molecular complexity index is 1080. The van der Waals surface area contributed by atoms with Crippen molar-refractivity contribution in [2.75, 3.05) is 31.1 Å². The number of carbonyl (C=O) groups excluding carboxylic acids is 1. The van der Waals surface area contributed by atoms with E-state index in [4.69, 9.17) is 17.3 Å². The zero-order chi connectivity index (χ0) is 21.3. The number of piperazine rings is 1. The number of carbonyl (C=O) groups is 1. The highest BCUT2D eigenvalue weighted by Crippen LogP contribution is 2.40. The molecule has 0 atom stereocenters. The highest BCUT2D eigenvalue weighted by molar-refractivity contribution is 6.32. The molecule has 30 heavy (non-hydrogen) atoms. The number of H-pyrrole nitrogens is 1. The second kappa shape index (κ2) is 8.25. The fourth-order valence-electron chi connectivity index (χ4n) is 3.70. The van der Waals surface area contributed by atoms with Crippen LogP contribution in [0.2, 0.25) is 5.02 Å². The Balaban J connectivity index is 1.46. The van der Waals surface area contributed by atoms with Crippen LogP contribution in [-0.4, -0.2) is 57.4 Å². The van der Waals surface area contributed by atoms with Gasteiger partial charge in [0.2, 0.25) is 5.91 Å². The maximum absolute atomic E-state index is 11.4. The van der Waals surface area contributed by atoms with Crippen molar-refractivity contribution in [2.24, 2.45) is 5.73 Å². The van der Waals surface area contributed by atoms with Crippen LogP contribution in [0.1, 0.15) is 15.9 Å². The summed E-state index contributed by atoms with van der Waals surface area (Å²) in [7, 11) is 0. The van der Waals surface area contributed by atoms with Gasteiger partial charge in [0.1, 0.15) is 11.5 Å². The number of hydrogen-bond acceptors (Lipinski definition) is 6. The normalized spacial score (nSPS) is 14.8. The molecular formula is C21H22ClN5O3. The number of amides is 1. The summed E-state index contributed by atoms with van der Waals surface area (Å²) in [5.74, 6) is -0.671. The van der Waals surface area contributed by atoms with Crippen LogP contribution in [-0.2, 0) is 6.54 Å². The summed E-state index contributed by atoms with van der Waals surface area (Å²) < 4.78 is 0. The molecule has 156 valence electrons. The molecule has 0 saturated carbocycles. The average Bonchev–Trinajstić information content (AvgIpc) is 3.21. The van der Waals surface area contributed by atoms with Crippen LogP contribution in [0.5, 0.6) is 11.5 Å². The third kappa shape index (κ3) is 4.05. The van der Waals surface area contributed by atoms with E-state index < -0.39 is 5.91 Å². The van der Waals surface area contributed by atoms with Crippen LogP contribution < -0.4 is 10.6 Å². The van der Waals surface area contributed by atoms with E-state index in [1.165, 1.54) is 12.1 Å². The van der Waals surface area contributed by atoms with Gasteiger partial charge in [0.05, 0.1) is 22.6 Å². The van der Waals surface area contributed by atoms with E-state index in [2.05, 4.69) is 20.0 Å². The Labute approximate surface area is 178 Å². The number of phenols is 2. The third-order valence-corrected chi connectivity index (χ3v) is 5.59. The Kier molecular flexibility index (Phi) is 5.52. The minimum Gasteiger partial charge on any atom is -0.507 e. The second-order valence-electron chi connectivity index (χ2n) is 7.28. The number of aromatic hydroxyl groups is 2. The van der Waals surface area contributed by atoms with Gasteiger partial charge in [-0.1, -0.05) is 23.7 Å². The van der Waals surface area contributed by atoms with Gasteiger partial charge in [0.25, 0.3) is 0 Å². The van der Waals surface area contributed by atoms with Crippen LogP contribution in [0.15, 0.2) is 42.6 Å². The Morgan fingerprint density at radius 1 is 1.13 bits per heavy atom. The number of nitrogens with zero attached hydrogens (tertiary/aromatic N) is 3. The Morgan fingerprint density at radius 2 is 1.90 bits per heavy atom. The van der Waals surface area contributed by atoms with Crippen molar-refractivity contribution in [3.8, 4) is 22.8 Å². The molecule has 8 nitrogen and oxygen atoms in total. The smallest absolute Gasteiger partial charge is 0.248 e. The van der Waals surface area contributed by atoms with Gasteiger partial charge in [0.15, 0.2) is 0 Å². The van der Waals surface area contributed by atoms with E-state index in [1.54, 1.807) is 12.3 Å². The second-order valence-corrected chi connectivity index (χ2v) is 7.69. The summed E-state index contributed by atoms with van der Waals surface area (Å²) in [6, 6.07) is 10.1. The molecule has 1 aliphatic heterocycles. The van der Waals surface area contributed by atoms with E-state index in [-0.39, 0.29) is 16.5 Å². The van der Waals surface area contributed by atoms with Crippen LogP contribution in [0.25, 0.3) is 11.3 Å². The molecule has 0 radical (unpaired) electrons. The lowest BCUT2D eigenvalue weighted by molar-refractivity contribution is 0.1000. The number of nitrogens with two attached hydrogens (primary N) is 1. The first-order valence-electron chi connectivity index (χ1n) is 9.53. The molecule has 0 unspecified atom stereocenters. The third-order valence-electron chi connectivity index (χ3n) is 5.28. The average molecular weight is 428 g/mol. The Hall–Kier alpha value is -3.23. The van der Waals surface area contributed by atoms with E-state index in [1.807, 2.05) is 18.2 Å². The summed E-state index contributed by atoms with van der Waals surface area (Å²) in [4.78, 5) is 15.9. The highest BCUT2D eigenvalue weighted by atomic mass is 35.5. The fraction of sp³-hybridized carbons (Fsp3) is 0.238. The van der Waals surface area contributed by atoms with Gasteiger partial charge in [-0.15, -0.1) is 0 Å². The van der Waals surface area contributed by atoms with Gasteiger partial charge in [0, 0.05) is 49.9 Å². The predicted octanol–water partition coefficient (Wildman–Crippen LogP) is 2.56. The van der Waals surface area contributed by atoms with E-state index >= 15 is 0 Å². The molecule has 0 spiro atoms. The maximum Gasteiger partial charge on any atom is 0.248 e. The lowest BCUT2D eigenvalue weighted by Gasteiger charge is -2.36. The first-order chi connectivity index (χ1) is 14.4. The first-order valence-corrected chi connectivity index (χ1v) is 9.91. The molecule has 0 aliphatic carbocycles. The molecule has 1 aliphatic rings. The number of primary amides is 1. The summed E-state index contributed by atoms with van der Waals surface area (Å²) in [6.45, 7) is 3.94. The van der Waals surface area contributed by atoms with Gasteiger partial charge >= 0.3 is 0 Å². The number of rotatable bonds is 5. The molecule has 1 saturated heterocycles. The zero-order valence-electron chi connectivity index (χ0n) is 16.2. The lowest BCUT2D eigenvalue weighted by atomic mass is 10.1. The molecule has 3 aromatic rings. The van der Waals surface area contributed by atoms with Crippen molar-refractivity contribution < 1.29 is 15.0 Å². The van der Waals surface area contributed by atoms with E-state index in [0.29, 0.717) is 16.8 Å². The summed E-state index contributed by atoms with van der Waals surface area (Å²) in [5, 5.41) is 27.2. The van der Waals surface area contributed by atoms with Crippen molar-refractivity contribution in [3.63, 3.8) is 0 Å². The number of halogens is 1.